The molecular formula is C18H18N2O5. The van der Waals surface area contributed by atoms with Crippen molar-refractivity contribution < 1.29 is 23.8 Å². The molecule has 2 aromatic rings. The smallest absolute Gasteiger partial charge is 0.255 e. The van der Waals surface area contributed by atoms with E-state index in [1.165, 1.54) is 14.0 Å². The number of anilines is 1. The second-order valence-corrected chi connectivity index (χ2v) is 5.47. The summed E-state index contributed by atoms with van der Waals surface area (Å²) in [5, 5.41) is 5.48. The van der Waals surface area contributed by atoms with Gasteiger partial charge in [0.15, 0.2) is 11.5 Å². The minimum Gasteiger partial charge on any atom is -0.496 e. The largest absolute Gasteiger partial charge is 0.496 e. The number of methoxy groups -OCH3 is 1. The Bertz CT molecular complexity index is 819. The molecule has 0 saturated heterocycles. The molecule has 25 heavy (non-hydrogen) atoms. The van der Waals surface area contributed by atoms with Gasteiger partial charge in [-0.15, -0.1) is 0 Å². The van der Waals surface area contributed by atoms with Crippen molar-refractivity contribution in [2.24, 2.45) is 0 Å². The standard InChI is InChI=1S/C18H18N2O5/c1-11(21)20-13-4-6-15(23-2)14(8-13)18(22)19-9-12-3-5-16-17(7-12)25-10-24-16/h3-8H,9-10H2,1-2H3,(H,19,22)(H,20,21). The highest BCUT2D eigenvalue weighted by molar-refractivity contribution is 5.99. The van der Waals surface area contributed by atoms with Gasteiger partial charge in [0.1, 0.15) is 5.75 Å². The zero-order valence-corrected chi connectivity index (χ0v) is 13.9. The Morgan fingerprint density at radius 3 is 2.68 bits per heavy atom. The van der Waals surface area contributed by atoms with Gasteiger partial charge in [-0.2, -0.15) is 0 Å². The minimum absolute atomic E-state index is 0.207. The van der Waals surface area contributed by atoms with Crippen LogP contribution in [0, 0.1) is 0 Å². The lowest BCUT2D eigenvalue weighted by Gasteiger charge is -2.12. The average molecular weight is 342 g/mol. The molecule has 2 aromatic carbocycles. The predicted molar refractivity (Wildman–Crippen MR) is 91.0 cm³/mol. The van der Waals surface area contributed by atoms with Gasteiger partial charge in [0, 0.05) is 19.2 Å². The maximum atomic E-state index is 12.5. The minimum atomic E-state index is -0.304. The van der Waals surface area contributed by atoms with E-state index in [-0.39, 0.29) is 18.6 Å². The van der Waals surface area contributed by atoms with Gasteiger partial charge in [0.05, 0.1) is 12.7 Å². The van der Waals surface area contributed by atoms with E-state index in [0.29, 0.717) is 35.0 Å². The molecule has 0 atom stereocenters. The normalized spacial score (nSPS) is 11.8. The average Bonchev–Trinajstić information content (AvgIpc) is 3.06. The second kappa shape index (κ2) is 7.12. The third kappa shape index (κ3) is 3.82. The highest BCUT2D eigenvalue weighted by Gasteiger charge is 2.16. The van der Waals surface area contributed by atoms with Gasteiger partial charge in [-0.25, -0.2) is 0 Å². The number of rotatable bonds is 5. The van der Waals surface area contributed by atoms with E-state index in [9.17, 15) is 9.59 Å². The number of nitrogens with one attached hydrogen (secondary N) is 2. The van der Waals surface area contributed by atoms with Crippen molar-refractivity contribution in [1.82, 2.24) is 5.32 Å². The first-order valence-corrected chi connectivity index (χ1v) is 7.69. The summed E-state index contributed by atoms with van der Waals surface area (Å²) in [4.78, 5) is 23.7. The lowest BCUT2D eigenvalue weighted by atomic mass is 10.1. The number of fused-ring (bicyclic) bond motifs is 1. The van der Waals surface area contributed by atoms with Gasteiger partial charge in [-0.1, -0.05) is 6.07 Å². The Kier molecular flexibility index (Phi) is 4.74. The first kappa shape index (κ1) is 16.6. The van der Waals surface area contributed by atoms with Crippen molar-refractivity contribution >= 4 is 17.5 Å². The van der Waals surface area contributed by atoms with Gasteiger partial charge < -0.3 is 24.8 Å². The van der Waals surface area contributed by atoms with Crippen LogP contribution in [0.15, 0.2) is 36.4 Å². The lowest BCUT2D eigenvalue weighted by Crippen LogP contribution is -2.23. The van der Waals surface area contributed by atoms with Crippen molar-refractivity contribution in [3.8, 4) is 17.2 Å². The SMILES string of the molecule is COc1ccc(NC(C)=O)cc1C(=O)NCc1ccc2c(c1)OCO2. The molecule has 7 nitrogen and oxygen atoms in total. The van der Waals surface area contributed by atoms with E-state index >= 15 is 0 Å². The summed E-state index contributed by atoms with van der Waals surface area (Å²) >= 11 is 0. The monoisotopic (exact) mass is 342 g/mol. The van der Waals surface area contributed by atoms with E-state index in [1.54, 1.807) is 18.2 Å². The molecule has 3 rings (SSSR count). The van der Waals surface area contributed by atoms with Crippen LogP contribution in [0.5, 0.6) is 17.2 Å². The van der Waals surface area contributed by atoms with Crippen LogP contribution in [0.1, 0.15) is 22.8 Å². The molecule has 1 aliphatic heterocycles. The Morgan fingerprint density at radius 2 is 1.92 bits per heavy atom. The zero-order chi connectivity index (χ0) is 17.8. The number of ether oxygens (including phenoxy) is 3. The van der Waals surface area contributed by atoms with Crippen LogP contribution in [0.3, 0.4) is 0 Å². The number of benzene rings is 2. The Balaban J connectivity index is 1.72. The molecule has 0 radical (unpaired) electrons. The summed E-state index contributed by atoms with van der Waals surface area (Å²) in [6.45, 7) is 1.94. The summed E-state index contributed by atoms with van der Waals surface area (Å²) in [7, 11) is 1.49. The van der Waals surface area contributed by atoms with E-state index in [2.05, 4.69) is 10.6 Å². The topological polar surface area (TPSA) is 85.9 Å². The maximum absolute atomic E-state index is 12.5. The van der Waals surface area contributed by atoms with Crippen molar-refractivity contribution in [2.45, 2.75) is 13.5 Å². The van der Waals surface area contributed by atoms with Crippen LogP contribution < -0.4 is 24.8 Å². The van der Waals surface area contributed by atoms with Gasteiger partial charge in [-0.05, 0) is 35.9 Å². The van der Waals surface area contributed by atoms with Crippen LogP contribution in [-0.2, 0) is 11.3 Å². The molecule has 0 bridgehead atoms. The Labute approximate surface area is 144 Å². The molecule has 1 aliphatic rings. The fourth-order valence-corrected chi connectivity index (χ4v) is 2.49. The molecule has 7 heteroatoms. The third-order valence-electron chi connectivity index (χ3n) is 3.65. The van der Waals surface area contributed by atoms with Crippen LogP contribution in [0.25, 0.3) is 0 Å². The number of carbonyl (C=O) groups is 2. The van der Waals surface area contributed by atoms with E-state index < -0.39 is 0 Å². The molecule has 1 heterocycles. The first-order valence-electron chi connectivity index (χ1n) is 7.69. The van der Waals surface area contributed by atoms with Gasteiger partial charge in [0.2, 0.25) is 12.7 Å². The summed E-state index contributed by atoms with van der Waals surface area (Å²) in [6.07, 6.45) is 0. The van der Waals surface area contributed by atoms with Crippen LogP contribution in [0.2, 0.25) is 0 Å². The van der Waals surface area contributed by atoms with Gasteiger partial charge in [-0.3, -0.25) is 9.59 Å². The van der Waals surface area contributed by atoms with Gasteiger partial charge >= 0.3 is 0 Å². The molecule has 0 aliphatic carbocycles. The molecule has 0 fully saturated rings. The second-order valence-electron chi connectivity index (χ2n) is 5.47. The molecule has 2 amide bonds. The molecule has 2 N–H and O–H groups in total. The summed E-state index contributed by atoms with van der Waals surface area (Å²) in [5.74, 6) is 1.27. The summed E-state index contributed by atoms with van der Waals surface area (Å²) < 4.78 is 15.8. The fourth-order valence-electron chi connectivity index (χ4n) is 2.49. The molecule has 0 aromatic heterocycles. The Hall–Kier alpha value is -3.22. The fraction of sp³-hybridized carbons (Fsp3) is 0.222. The van der Waals surface area contributed by atoms with E-state index in [1.807, 2.05) is 18.2 Å². The Morgan fingerprint density at radius 1 is 1.12 bits per heavy atom. The predicted octanol–water partition coefficient (Wildman–Crippen LogP) is 2.31. The van der Waals surface area contributed by atoms with E-state index in [0.717, 1.165) is 5.56 Å². The summed E-state index contributed by atoms with van der Waals surface area (Å²) in [5.41, 5.74) is 1.76. The van der Waals surface area contributed by atoms with Crippen LogP contribution in [-0.4, -0.2) is 25.7 Å². The van der Waals surface area contributed by atoms with Crippen molar-refractivity contribution in [2.75, 3.05) is 19.2 Å². The highest BCUT2D eigenvalue weighted by atomic mass is 16.7. The quantitative estimate of drug-likeness (QED) is 0.871. The molecule has 0 unspecified atom stereocenters. The number of hydrogen-bond donors (Lipinski definition) is 2. The number of carbonyl (C=O) groups excluding carboxylic acids is 2. The van der Waals surface area contributed by atoms with Crippen molar-refractivity contribution in [3.63, 3.8) is 0 Å². The highest BCUT2D eigenvalue weighted by Crippen LogP contribution is 2.32. The van der Waals surface area contributed by atoms with Crippen molar-refractivity contribution in [3.05, 3.63) is 47.5 Å². The van der Waals surface area contributed by atoms with Crippen LogP contribution >= 0.6 is 0 Å². The first-order chi connectivity index (χ1) is 12.1. The number of amides is 2. The number of hydrogen-bond acceptors (Lipinski definition) is 5. The lowest BCUT2D eigenvalue weighted by molar-refractivity contribution is -0.114. The maximum Gasteiger partial charge on any atom is 0.255 e. The van der Waals surface area contributed by atoms with E-state index in [4.69, 9.17) is 14.2 Å². The molecule has 0 saturated carbocycles. The molecule has 130 valence electrons. The molecule has 0 spiro atoms. The van der Waals surface area contributed by atoms with Gasteiger partial charge in [0.25, 0.3) is 5.91 Å². The molecular weight excluding hydrogens is 324 g/mol. The summed E-state index contributed by atoms with van der Waals surface area (Å²) in [6, 6.07) is 10.4. The van der Waals surface area contributed by atoms with Crippen LogP contribution in [0.4, 0.5) is 5.69 Å². The third-order valence-corrected chi connectivity index (χ3v) is 3.65. The zero-order valence-electron chi connectivity index (χ0n) is 13.9. The van der Waals surface area contributed by atoms with Crippen molar-refractivity contribution in [1.29, 1.82) is 0 Å².